The van der Waals surface area contributed by atoms with Crippen molar-refractivity contribution in [2.45, 2.75) is 37.6 Å². The minimum absolute atomic E-state index is 0.143. The second-order valence-electron chi connectivity index (χ2n) is 11.5. The van der Waals surface area contributed by atoms with Crippen LogP contribution in [0.3, 0.4) is 0 Å². The molecule has 0 aromatic heterocycles. The average molecular weight is 602 g/mol. The van der Waals surface area contributed by atoms with Gasteiger partial charge in [-0.3, -0.25) is 4.79 Å². The van der Waals surface area contributed by atoms with Gasteiger partial charge in [0, 0.05) is 13.0 Å². The first-order valence-corrected chi connectivity index (χ1v) is 15.5. The lowest BCUT2D eigenvalue weighted by Gasteiger charge is -2.40. The van der Waals surface area contributed by atoms with E-state index in [4.69, 9.17) is 4.74 Å². The van der Waals surface area contributed by atoms with Crippen LogP contribution in [-0.2, 0) is 15.1 Å². The molecular formula is C40H40FNO3. The van der Waals surface area contributed by atoms with Crippen molar-refractivity contribution in [2.24, 2.45) is 11.8 Å². The quantitative estimate of drug-likeness (QED) is 0.133. The maximum atomic E-state index is 14.2. The summed E-state index contributed by atoms with van der Waals surface area (Å²) in [6, 6.07) is 46.1. The summed E-state index contributed by atoms with van der Waals surface area (Å²) >= 11 is 0. The highest BCUT2D eigenvalue weighted by Crippen LogP contribution is 2.45. The van der Waals surface area contributed by atoms with E-state index in [1.54, 1.807) is 19.2 Å². The summed E-state index contributed by atoms with van der Waals surface area (Å²) in [5, 5.41) is 14.1. The monoisotopic (exact) mass is 601 g/mol. The van der Waals surface area contributed by atoms with E-state index in [9.17, 15) is 14.3 Å². The molecule has 5 heteroatoms. The number of benzene rings is 5. The number of carbonyl (C=O) groups excluding carboxylic acids is 1. The minimum atomic E-state index is -1.01. The Kier molecular flexibility index (Phi) is 10.6. The topological polar surface area (TPSA) is 58.6 Å². The zero-order chi connectivity index (χ0) is 31.6. The van der Waals surface area contributed by atoms with E-state index in [0.29, 0.717) is 12.8 Å². The van der Waals surface area contributed by atoms with Crippen molar-refractivity contribution in [3.8, 4) is 0 Å². The number of ether oxygens (including phenoxy) is 1. The van der Waals surface area contributed by atoms with Crippen LogP contribution in [0.5, 0.6) is 0 Å². The molecular weight excluding hydrogens is 561 g/mol. The molecule has 0 bridgehead atoms. The minimum Gasteiger partial charge on any atom is -0.388 e. The van der Waals surface area contributed by atoms with Crippen LogP contribution >= 0.6 is 0 Å². The first kappa shape index (κ1) is 31.8. The third-order valence-corrected chi connectivity index (χ3v) is 8.70. The van der Waals surface area contributed by atoms with E-state index in [1.165, 1.54) is 12.1 Å². The van der Waals surface area contributed by atoms with Crippen molar-refractivity contribution in [2.75, 3.05) is 7.05 Å². The van der Waals surface area contributed by atoms with Crippen LogP contribution in [0.15, 0.2) is 146 Å². The van der Waals surface area contributed by atoms with Gasteiger partial charge in [-0.15, -0.1) is 0 Å². The van der Waals surface area contributed by atoms with Gasteiger partial charge in [0.15, 0.2) is 0 Å². The van der Waals surface area contributed by atoms with Gasteiger partial charge in [0.2, 0.25) is 5.91 Å². The highest BCUT2D eigenvalue weighted by molar-refractivity contribution is 5.78. The fraction of sp³-hybridized carbons (Fsp3) is 0.225. The summed E-state index contributed by atoms with van der Waals surface area (Å²) in [6.45, 7) is 1.91. The molecule has 0 fully saturated rings. The maximum Gasteiger partial charge on any atom is 0.223 e. The van der Waals surface area contributed by atoms with Crippen molar-refractivity contribution in [3.05, 3.63) is 179 Å². The number of aliphatic hydroxyl groups excluding tert-OH is 1. The Labute approximate surface area is 265 Å². The van der Waals surface area contributed by atoms with Crippen molar-refractivity contribution in [3.63, 3.8) is 0 Å². The summed E-state index contributed by atoms with van der Waals surface area (Å²) in [7, 11) is 1.62. The molecule has 4 nitrogen and oxygen atoms in total. The van der Waals surface area contributed by atoms with Gasteiger partial charge in [-0.25, -0.2) is 4.39 Å². The highest BCUT2D eigenvalue weighted by Gasteiger charge is 2.41. The lowest BCUT2D eigenvalue weighted by Crippen LogP contribution is -2.36. The molecule has 5 aromatic rings. The second kappa shape index (κ2) is 14.9. The van der Waals surface area contributed by atoms with E-state index in [0.717, 1.165) is 27.8 Å². The molecule has 1 amide bonds. The first-order valence-electron chi connectivity index (χ1n) is 15.5. The molecule has 0 heterocycles. The average Bonchev–Trinajstić information content (AvgIpc) is 3.11. The Morgan fingerprint density at radius 3 is 1.58 bits per heavy atom. The molecule has 1 unspecified atom stereocenters. The number of amides is 1. The molecule has 45 heavy (non-hydrogen) atoms. The lowest BCUT2D eigenvalue weighted by molar-refractivity contribution is -0.128. The SMILES string of the molecule is CNC(=O)C(CC[C@H](OC(c1ccccc1)(c1ccccc1)c1ccccc1)c1ccc(F)cc1)[C@H](C)[C@H](O)c1ccccc1. The molecule has 0 aliphatic rings. The Balaban J connectivity index is 1.59. The number of aliphatic hydroxyl groups is 1. The Bertz CT molecular complexity index is 1520. The van der Waals surface area contributed by atoms with Crippen LogP contribution in [0.2, 0.25) is 0 Å². The normalized spacial score (nSPS) is 14.2. The molecule has 4 atom stereocenters. The van der Waals surface area contributed by atoms with Crippen molar-refractivity contribution >= 4 is 5.91 Å². The second-order valence-corrected chi connectivity index (χ2v) is 11.5. The van der Waals surface area contributed by atoms with Crippen LogP contribution in [0.1, 0.15) is 59.8 Å². The molecule has 230 valence electrons. The Morgan fingerprint density at radius 1 is 0.689 bits per heavy atom. The predicted octanol–water partition coefficient (Wildman–Crippen LogP) is 8.39. The van der Waals surface area contributed by atoms with Crippen molar-refractivity contribution in [1.29, 1.82) is 0 Å². The van der Waals surface area contributed by atoms with Crippen molar-refractivity contribution < 1.29 is 19.0 Å². The van der Waals surface area contributed by atoms with Crippen LogP contribution in [-0.4, -0.2) is 18.1 Å². The smallest absolute Gasteiger partial charge is 0.223 e. The van der Waals surface area contributed by atoms with E-state index in [1.807, 2.05) is 91.9 Å². The molecule has 0 saturated carbocycles. The third kappa shape index (κ3) is 7.22. The Hall–Kier alpha value is -4.58. The summed E-state index contributed by atoms with van der Waals surface area (Å²) in [4.78, 5) is 13.3. The fourth-order valence-corrected chi connectivity index (χ4v) is 6.23. The van der Waals surface area contributed by atoms with Gasteiger partial charge in [-0.05, 0) is 58.7 Å². The maximum absolute atomic E-state index is 14.2. The van der Waals surface area contributed by atoms with E-state index in [-0.39, 0.29) is 17.6 Å². The van der Waals surface area contributed by atoms with Crippen molar-refractivity contribution in [1.82, 2.24) is 5.32 Å². The number of rotatable bonds is 13. The largest absolute Gasteiger partial charge is 0.388 e. The Morgan fingerprint density at radius 2 is 1.13 bits per heavy atom. The number of hydrogen-bond acceptors (Lipinski definition) is 3. The number of carbonyl (C=O) groups is 1. The molecule has 0 saturated heterocycles. The third-order valence-electron chi connectivity index (χ3n) is 8.70. The zero-order valence-electron chi connectivity index (χ0n) is 25.7. The van der Waals surface area contributed by atoms with Gasteiger partial charge in [-0.1, -0.05) is 140 Å². The van der Waals surface area contributed by atoms with Crippen LogP contribution in [0.4, 0.5) is 4.39 Å². The van der Waals surface area contributed by atoms with Crippen LogP contribution in [0, 0.1) is 17.7 Å². The van der Waals surface area contributed by atoms with Gasteiger partial charge >= 0.3 is 0 Å². The summed E-state index contributed by atoms with van der Waals surface area (Å²) in [5.74, 6) is -1.35. The van der Waals surface area contributed by atoms with Crippen LogP contribution in [0.25, 0.3) is 0 Å². The molecule has 5 aromatic carbocycles. The molecule has 5 rings (SSSR count). The first-order chi connectivity index (χ1) is 21.9. The highest BCUT2D eigenvalue weighted by atomic mass is 19.1. The zero-order valence-corrected chi connectivity index (χ0v) is 25.7. The standard InChI is InChI=1S/C40H40FNO3/c1-29(38(43)31-15-7-3-8-16-31)36(39(44)42-2)27-28-37(30-23-25-35(41)26-24-30)45-40(32-17-9-4-10-18-32,33-19-11-5-12-20-33)34-21-13-6-14-22-34/h3-26,29,36-38,43H,27-28H2,1-2H3,(H,42,44)/t29-,36?,37-,38-/m0/s1. The summed E-state index contributed by atoms with van der Waals surface area (Å²) in [5.41, 5.74) is 3.40. The van der Waals surface area contributed by atoms with Gasteiger partial charge in [-0.2, -0.15) is 0 Å². The van der Waals surface area contributed by atoms with E-state index in [2.05, 4.69) is 41.7 Å². The molecule has 2 N–H and O–H groups in total. The molecule has 0 radical (unpaired) electrons. The number of nitrogens with one attached hydrogen (secondary N) is 1. The van der Waals surface area contributed by atoms with Crippen LogP contribution < -0.4 is 5.32 Å². The van der Waals surface area contributed by atoms with E-state index < -0.39 is 23.7 Å². The predicted molar refractivity (Wildman–Crippen MR) is 177 cm³/mol. The van der Waals surface area contributed by atoms with E-state index >= 15 is 0 Å². The van der Waals surface area contributed by atoms with Gasteiger partial charge in [0.1, 0.15) is 11.4 Å². The lowest BCUT2D eigenvalue weighted by atomic mass is 9.79. The van der Waals surface area contributed by atoms with Gasteiger partial charge in [0.25, 0.3) is 0 Å². The molecule has 0 spiro atoms. The van der Waals surface area contributed by atoms with Gasteiger partial charge in [0.05, 0.1) is 12.2 Å². The van der Waals surface area contributed by atoms with Gasteiger partial charge < -0.3 is 15.2 Å². The molecule has 0 aliphatic heterocycles. The number of halogens is 1. The summed E-state index contributed by atoms with van der Waals surface area (Å²) < 4.78 is 21.6. The summed E-state index contributed by atoms with van der Waals surface area (Å²) in [6.07, 6.45) is -0.472. The number of hydrogen-bond donors (Lipinski definition) is 2. The fourth-order valence-electron chi connectivity index (χ4n) is 6.23. The molecule has 0 aliphatic carbocycles.